The standard InChI is InChI=1S/C11H17N/c1-5-10(4)8-11(6-7-12)9(2)3/h5-8H,2,12H2,1,3-4H3/b7-6-,10-5-,11-8-. The van der Waals surface area contributed by atoms with Crippen molar-refractivity contribution in [2.24, 2.45) is 5.73 Å². The molecule has 0 bridgehead atoms. The highest BCUT2D eigenvalue weighted by Gasteiger charge is 1.91. The molecule has 0 aliphatic heterocycles. The van der Waals surface area contributed by atoms with E-state index in [1.165, 1.54) is 11.8 Å². The summed E-state index contributed by atoms with van der Waals surface area (Å²) in [7, 11) is 0. The zero-order valence-corrected chi connectivity index (χ0v) is 8.09. The van der Waals surface area contributed by atoms with Crippen molar-refractivity contribution in [2.45, 2.75) is 20.8 Å². The van der Waals surface area contributed by atoms with Gasteiger partial charge in [0.1, 0.15) is 0 Å². The van der Waals surface area contributed by atoms with E-state index in [-0.39, 0.29) is 0 Å². The molecule has 0 spiro atoms. The van der Waals surface area contributed by atoms with Crippen LogP contribution >= 0.6 is 0 Å². The van der Waals surface area contributed by atoms with Crippen LogP contribution in [0.1, 0.15) is 20.8 Å². The lowest BCUT2D eigenvalue weighted by molar-refractivity contribution is 1.38. The van der Waals surface area contributed by atoms with Crippen molar-refractivity contribution in [3.63, 3.8) is 0 Å². The lowest BCUT2D eigenvalue weighted by Gasteiger charge is -2.00. The van der Waals surface area contributed by atoms with Crippen molar-refractivity contribution in [3.05, 3.63) is 47.7 Å². The predicted octanol–water partition coefficient (Wildman–Crippen LogP) is 2.93. The Kier molecular flexibility index (Phi) is 4.86. The summed E-state index contributed by atoms with van der Waals surface area (Å²) in [6, 6.07) is 0. The third-order valence-corrected chi connectivity index (χ3v) is 1.61. The van der Waals surface area contributed by atoms with Crippen molar-refractivity contribution in [3.8, 4) is 0 Å². The van der Waals surface area contributed by atoms with Crippen LogP contribution in [0.4, 0.5) is 0 Å². The van der Waals surface area contributed by atoms with Crippen LogP contribution in [0, 0.1) is 0 Å². The molecule has 0 saturated carbocycles. The number of hydrogen-bond donors (Lipinski definition) is 1. The van der Waals surface area contributed by atoms with Crippen LogP contribution in [0.2, 0.25) is 0 Å². The van der Waals surface area contributed by atoms with Crippen LogP contribution in [-0.2, 0) is 0 Å². The molecule has 0 unspecified atom stereocenters. The van der Waals surface area contributed by atoms with Crippen molar-refractivity contribution >= 4 is 0 Å². The van der Waals surface area contributed by atoms with Crippen LogP contribution < -0.4 is 5.73 Å². The second kappa shape index (κ2) is 5.42. The van der Waals surface area contributed by atoms with E-state index in [1.54, 1.807) is 0 Å². The monoisotopic (exact) mass is 163 g/mol. The van der Waals surface area contributed by atoms with E-state index in [0.717, 1.165) is 11.1 Å². The Balaban J connectivity index is 4.73. The molecular formula is C11H17N. The average Bonchev–Trinajstić information content (AvgIpc) is 2.03. The molecule has 0 aromatic carbocycles. The van der Waals surface area contributed by atoms with Crippen LogP contribution in [0.5, 0.6) is 0 Å². The number of hydrogen-bond acceptors (Lipinski definition) is 1. The van der Waals surface area contributed by atoms with Gasteiger partial charge in [-0.2, -0.15) is 0 Å². The highest BCUT2D eigenvalue weighted by Crippen LogP contribution is 2.11. The molecule has 0 rings (SSSR count). The van der Waals surface area contributed by atoms with E-state index >= 15 is 0 Å². The van der Waals surface area contributed by atoms with E-state index in [9.17, 15) is 0 Å². The minimum atomic E-state index is 1.03. The van der Waals surface area contributed by atoms with Gasteiger partial charge in [-0.05, 0) is 38.6 Å². The largest absolute Gasteiger partial charge is 0.405 e. The Hall–Kier alpha value is -1.24. The molecule has 0 heterocycles. The van der Waals surface area contributed by atoms with Crippen molar-refractivity contribution in [1.29, 1.82) is 0 Å². The fraction of sp³-hybridized carbons (Fsp3) is 0.273. The van der Waals surface area contributed by atoms with Gasteiger partial charge in [-0.3, -0.25) is 0 Å². The minimum absolute atomic E-state index is 1.03. The van der Waals surface area contributed by atoms with E-state index < -0.39 is 0 Å². The molecule has 12 heavy (non-hydrogen) atoms. The molecule has 0 aliphatic rings. The van der Waals surface area contributed by atoms with Crippen molar-refractivity contribution < 1.29 is 0 Å². The maximum atomic E-state index is 5.30. The van der Waals surface area contributed by atoms with Gasteiger partial charge in [0, 0.05) is 0 Å². The summed E-state index contributed by atoms with van der Waals surface area (Å²) in [4.78, 5) is 0. The second-order valence-electron chi connectivity index (χ2n) is 2.77. The highest BCUT2D eigenvalue weighted by atomic mass is 14.5. The van der Waals surface area contributed by atoms with Crippen molar-refractivity contribution in [1.82, 2.24) is 0 Å². The fourth-order valence-electron chi connectivity index (χ4n) is 0.746. The van der Waals surface area contributed by atoms with E-state index in [1.807, 2.05) is 32.9 Å². The Bertz CT molecular complexity index is 242. The number of allylic oxidation sites excluding steroid dienone is 6. The van der Waals surface area contributed by atoms with Crippen LogP contribution in [-0.4, -0.2) is 0 Å². The Morgan fingerprint density at radius 3 is 2.25 bits per heavy atom. The van der Waals surface area contributed by atoms with Gasteiger partial charge in [0.15, 0.2) is 0 Å². The fourth-order valence-corrected chi connectivity index (χ4v) is 0.746. The number of nitrogens with two attached hydrogens (primary N) is 1. The average molecular weight is 163 g/mol. The van der Waals surface area contributed by atoms with Crippen LogP contribution in [0.3, 0.4) is 0 Å². The summed E-state index contributed by atoms with van der Waals surface area (Å²) < 4.78 is 0. The minimum Gasteiger partial charge on any atom is -0.405 e. The summed E-state index contributed by atoms with van der Waals surface area (Å²) >= 11 is 0. The first-order chi connectivity index (χ1) is 5.61. The summed E-state index contributed by atoms with van der Waals surface area (Å²) in [6.45, 7) is 9.88. The van der Waals surface area contributed by atoms with E-state index in [2.05, 4.69) is 12.7 Å². The molecular weight excluding hydrogens is 146 g/mol. The normalized spacial score (nSPS) is 13.9. The smallest absolute Gasteiger partial charge is 0.00563 e. The first-order valence-electron chi connectivity index (χ1n) is 4.00. The van der Waals surface area contributed by atoms with Crippen LogP contribution in [0.15, 0.2) is 47.7 Å². The third kappa shape index (κ3) is 3.81. The summed E-state index contributed by atoms with van der Waals surface area (Å²) in [6.07, 6.45) is 7.50. The molecule has 0 aromatic heterocycles. The van der Waals surface area contributed by atoms with Crippen molar-refractivity contribution in [2.75, 3.05) is 0 Å². The molecule has 66 valence electrons. The van der Waals surface area contributed by atoms with Gasteiger partial charge in [0.25, 0.3) is 0 Å². The molecule has 0 aliphatic carbocycles. The summed E-state index contributed by atoms with van der Waals surface area (Å²) in [5.41, 5.74) is 8.62. The van der Waals surface area contributed by atoms with E-state index in [0.29, 0.717) is 0 Å². The molecule has 0 saturated heterocycles. The quantitative estimate of drug-likeness (QED) is 0.636. The molecule has 1 nitrogen and oxygen atoms in total. The summed E-state index contributed by atoms with van der Waals surface area (Å²) in [5, 5.41) is 0. The summed E-state index contributed by atoms with van der Waals surface area (Å²) in [5.74, 6) is 0. The number of rotatable bonds is 3. The van der Waals surface area contributed by atoms with Crippen LogP contribution in [0.25, 0.3) is 0 Å². The SMILES string of the molecule is C=C(C)C(/C=C\N)=C\C(C)=C/C. The lowest BCUT2D eigenvalue weighted by atomic mass is 10.1. The molecule has 0 amide bonds. The maximum absolute atomic E-state index is 5.30. The molecule has 0 fully saturated rings. The second-order valence-corrected chi connectivity index (χ2v) is 2.77. The first kappa shape index (κ1) is 10.8. The predicted molar refractivity (Wildman–Crippen MR) is 55.7 cm³/mol. The zero-order valence-electron chi connectivity index (χ0n) is 8.09. The van der Waals surface area contributed by atoms with Gasteiger partial charge in [0.05, 0.1) is 0 Å². The van der Waals surface area contributed by atoms with E-state index in [4.69, 9.17) is 5.73 Å². The van der Waals surface area contributed by atoms with Gasteiger partial charge >= 0.3 is 0 Å². The topological polar surface area (TPSA) is 26.0 Å². The first-order valence-corrected chi connectivity index (χ1v) is 4.00. The van der Waals surface area contributed by atoms with Gasteiger partial charge in [0.2, 0.25) is 0 Å². The highest BCUT2D eigenvalue weighted by molar-refractivity contribution is 5.41. The maximum Gasteiger partial charge on any atom is -0.00563 e. The molecule has 0 atom stereocenters. The zero-order chi connectivity index (χ0) is 9.56. The molecule has 0 radical (unpaired) electrons. The Morgan fingerprint density at radius 2 is 1.92 bits per heavy atom. The van der Waals surface area contributed by atoms with Gasteiger partial charge in [-0.25, -0.2) is 0 Å². The van der Waals surface area contributed by atoms with Gasteiger partial charge in [-0.15, -0.1) is 0 Å². The van der Waals surface area contributed by atoms with Gasteiger partial charge in [-0.1, -0.05) is 29.9 Å². The lowest BCUT2D eigenvalue weighted by Crippen LogP contribution is -1.84. The molecule has 0 aromatic rings. The van der Waals surface area contributed by atoms with Gasteiger partial charge < -0.3 is 5.73 Å². The Labute approximate surface area is 75.0 Å². The molecule has 1 heteroatoms. The third-order valence-electron chi connectivity index (χ3n) is 1.61. The Morgan fingerprint density at radius 1 is 1.33 bits per heavy atom. The molecule has 2 N–H and O–H groups in total.